The molecule has 0 unspecified atom stereocenters. The third-order valence-corrected chi connectivity index (χ3v) is 4.28. The SMILES string of the molecule is O=[N+]([O-])c1c(Nc2cccc3cccnc23)ncnc1N1CCCC1. The van der Waals surface area contributed by atoms with Crippen molar-refractivity contribution in [1.29, 1.82) is 0 Å². The van der Waals surface area contributed by atoms with Gasteiger partial charge in [-0.15, -0.1) is 0 Å². The zero-order valence-electron chi connectivity index (χ0n) is 13.4. The molecular formula is C17H16N6O2. The summed E-state index contributed by atoms with van der Waals surface area (Å²) < 4.78 is 0. The first-order valence-electron chi connectivity index (χ1n) is 8.09. The minimum atomic E-state index is -0.422. The van der Waals surface area contributed by atoms with Gasteiger partial charge in [-0.05, 0) is 25.0 Å². The molecule has 0 bridgehead atoms. The molecule has 1 aliphatic rings. The van der Waals surface area contributed by atoms with E-state index in [1.807, 2.05) is 35.2 Å². The standard InChI is InChI=1S/C17H16N6O2/c24-23(25)15-16(19-11-20-17(15)22-9-1-2-10-22)21-13-7-3-5-12-6-4-8-18-14(12)13/h3-8,11H,1-2,9-10H2,(H,19,20,21). The molecule has 0 atom stereocenters. The summed E-state index contributed by atoms with van der Waals surface area (Å²) in [4.78, 5) is 25.9. The Kier molecular flexibility index (Phi) is 3.85. The van der Waals surface area contributed by atoms with Crippen LogP contribution in [0.4, 0.5) is 23.0 Å². The predicted molar refractivity (Wildman–Crippen MR) is 95.2 cm³/mol. The van der Waals surface area contributed by atoms with Crippen LogP contribution in [0.25, 0.3) is 10.9 Å². The van der Waals surface area contributed by atoms with Gasteiger partial charge in [-0.1, -0.05) is 18.2 Å². The number of pyridine rings is 1. The molecule has 1 fully saturated rings. The number of aromatic nitrogens is 3. The van der Waals surface area contributed by atoms with Gasteiger partial charge in [-0.3, -0.25) is 15.1 Å². The zero-order chi connectivity index (χ0) is 17.2. The van der Waals surface area contributed by atoms with Gasteiger partial charge in [0.05, 0.1) is 16.1 Å². The van der Waals surface area contributed by atoms with E-state index in [0.717, 1.165) is 36.8 Å². The van der Waals surface area contributed by atoms with Crippen LogP contribution in [0.1, 0.15) is 12.8 Å². The topological polar surface area (TPSA) is 97.1 Å². The van der Waals surface area contributed by atoms with Crippen LogP contribution in [-0.4, -0.2) is 33.0 Å². The molecule has 1 saturated heterocycles. The van der Waals surface area contributed by atoms with Gasteiger partial charge in [0.15, 0.2) is 0 Å². The number of nitrogens with one attached hydrogen (secondary N) is 1. The van der Waals surface area contributed by atoms with E-state index < -0.39 is 4.92 Å². The smallest absolute Gasteiger partial charge is 0.351 e. The third kappa shape index (κ3) is 2.82. The summed E-state index contributed by atoms with van der Waals surface area (Å²) in [5.41, 5.74) is 1.31. The summed E-state index contributed by atoms with van der Waals surface area (Å²) in [5, 5.41) is 15.7. The first kappa shape index (κ1) is 15.3. The van der Waals surface area contributed by atoms with Crippen LogP contribution in [0.15, 0.2) is 42.9 Å². The van der Waals surface area contributed by atoms with Gasteiger partial charge in [-0.25, -0.2) is 9.97 Å². The maximum absolute atomic E-state index is 11.7. The van der Waals surface area contributed by atoms with Gasteiger partial charge < -0.3 is 10.2 Å². The van der Waals surface area contributed by atoms with Crippen molar-refractivity contribution >= 4 is 33.9 Å². The molecular weight excluding hydrogens is 320 g/mol. The van der Waals surface area contributed by atoms with E-state index >= 15 is 0 Å². The lowest BCUT2D eigenvalue weighted by molar-refractivity contribution is -0.383. The Bertz CT molecular complexity index is 934. The van der Waals surface area contributed by atoms with E-state index in [-0.39, 0.29) is 11.5 Å². The van der Waals surface area contributed by atoms with Crippen molar-refractivity contribution < 1.29 is 4.92 Å². The van der Waals surface area contributed by atoms with Crippen molar-refractivity contribution in [2.24, 2.45) is 0 Å². The molecule has 4 rings (SSSR count). The molecule has 0 aliphatic carbocycles. The summed E-state index contributed by atoms with van der Waals surface area (Å²) in [6, 6.07) is 9.44. The molecule has 0 amide bonds. The Hall–Kier alpha value is -3.29. The molecule has 1 aliphatic heterocycles. The van der Waals surface area contributed by atoms with E-state index in [2.05, 4.69) is 20.3 Å². The molecule has 126 valence electrons. The summed E-state index contributed by atoms with van der Waals surface area (Å²) >= 11 is 0. The monoisotopic (exact) mass is 336 g/mol. The minimum absolute atomic E-state index is 0.0997. The molecule has 0 saturated carbocycles. The number of hydrogen-bond donors (Lipinski definition) is 1. The lowest BCUT2D eigenvalue weighted by Gasteiger charge is -2.17. The number of anilines is 3. The van der Waals surface area contributed by atoms with Gasteiger partial charge in [0.1, 0.15) is 6.33 Å². The Morgan fingerprint density at radius 1 is 1.08 bits per heavy atom. The fourth-order valence-corrected chi connectivity index (χ4v) is 3.12. The van der Waals surface area contributed by atoms with Crippen LogP contribution < -0.4 is 10.2 Å². The Morgan fingerprint density at radius 3 is 2.68 bits per heavy atom. The average Bonchev–Trinajstić information content (AvgIpc) is 3.16. The summed E-state index contributed by atoms with van der Waals surface area (Å²) in [6.07, 6.45) is 5.08. The van der Waals surface area contributed by atoms with Gasteiger partial charge in [0.25, 0.3) is 0 Å². The van der Waals surface area contributed by atoms with Crippen molar-refractivity contribution in [3.8, 4) is 0 Å². The van der Waals surface area contributed by atoms with Gasteiger partial charge in [0.2, 0.25) is 11.6 Å². The zero-order valence-corrected chi connectivity index (χ0v) is 13.4. The van der Waals surface area contributed by atoms with Crippen molar-refractivity contribution in [2.45, 2.75) is 12.8 Å². The van der Waals surface area contributed by atoms with Crippen molar-refractivity contribution in [2.75, 3.05) is 23.3 Å². The third-order valence-electron chi connectivity index (χ3n) is 4.28. The van der Waals surface area contributed by atoms with E-state index in [4.69, 9.17) is 0 Å². The molecule has 1 N–H and O–H groups in total. The van der Waals surface area contributed by atoms with Crippen LogP contribution in [0.5, 0.6) is 0 Å². The lowest BCUT2D eigenvalue weighted by Crippen LogP contribution is -2.21. The lowest BCUT2D eigenvalue weighted by atomic mass is 10.2. The highest BCUT2D eigenvalue weighted by molar-refractivity contribution is 5.92. The first-order chi connectivity index (χ1) is 12.2. The molecule has 8 nitrogen and oxygen atoms in total. The van der Waals surface area contributed by atoms with Crippen molar-refractivity contribution in [3.05, 3.63) is 53.0 Å². The fraction of sp³-hybridized carbons (Fsp3) is 0.235. The predicted octanol–water partition coefficient (Wildman–Crippen LogP) is 3.28. The molecule has 0 spiro atoms. The van der Waals surface area contributed by atoms with Crippen LogP contribution in [0, 0.1) is 10.1 Å². The maximum atomic E-state index is 11.7. The van der Waals surface area contributed by atoms with Gasteiger partial charge >= 0.3 is 5.69 Å². The second-order valence-corrected chi connectivity index (χ2v) is 5.85. The largest absolute Gasteiger partial charge is 0.353 e. The molecule has 25 heavy (non-hydrogen) atoms. The molecule has 0 radical (unpaired) electrons. The molecule has 1 aromatic carbocycles. The maximum Gasteiger partial charge on any atom is 0.353 e. The van der Waals surface area contributed by atoms with E-state index in [9.17, 15) is 10.1 Å². The second-order valence-electron chi connectivity index (χ2n) is 5.85. The van der Waals surface area contributed by atoms with E-state index in [0.29, 0.717) is 11.5 Å². The second kappa shape index (κ2) is 6.31. The molecule has 8 heteroatoms. The molecule has 3 aromatic rings. The summed E-state index contributed by atoms with van der Waals surface area (Å²) in [7, 11) is 0. The highest BCUT2D eigenvalue weighted by atomic mass is 16.6. The van der Waals surface area contributed by atoms with E-state index in [1.54, 1.807) is 6.20 Å². The average molecular weight is 336 g/mol. The summed E-state index contributed by atoms with van der Waals surface area (Å²) in [6.45, 7) is 1.54. The minimum Gasteiger partial charge on any atom is -0.351 e. The highest BCUT2D eigenvalue weighted by Crippen LogP contribution is 2.35. The fourth-order valence-electron chi connectivity index (χ4n) is 3.12. The number of para-hydroxylation sites is 1. The van der Waals surface area contributed by atoms with Crippen LogP contribution >= 0.6 is 0 Å². The molecule has 3 heterocycles. The number of nitro groups is 1. The number of nitrogens with zero attached hydrogens (tertiary/aromatic N) is 5. The number of benzene rings is 1. The normalized spacial score (nSPS) is 14.0. The van der Waals surface area contributed by atoms with Gasteiger partial charge in [0, 0.05) is 24.7 Å². The first-order valence-corrected chi connectivity index (χ1v) is 8.09. The number of rotatable bonds is 4. The number of hydrogen-bond acceptors (Lipinski definition) is 7. The van der Waals surface area contributed by atoms with Crippen LogP contribution in [0.3, 0.4) is 0 Å². The highest BCUT2D eigenvalue weighted by Gasteiger charge is 2.28. The van der Waals surface area contributed by atoms with Crippen molar-refractivity contribution in [1.82, 2.24) is 15.0 Å². The number of fused-ring (bicyclic) bond motifs is 1. The van der Waals surface area contributed by atoms with Crippen LogP contribution in [-0.2, 0) is 0 Å². The Morgan fingerprint density at radius 2 is 1.88 bits per heavy atom. The quantitative estimate of drug-likeness (QED) is 0.577. The Balaban J connectivity index is 1.79. The van der Waals surface area contributed by atoms with Crippen molar-refractivity contribution in [3.63, 3.8) is 0 Å². The van der Waals surface area contributed by atoms with E-state index in [1.165, 1.54) is 6.33 Å². The van der Waals surface area contributed by atoms with Crippen LogP contribution in [0.2, 0.25) is 0 Å². The van der Waals surface area contributed by atoms with Gasteiger partial charge in [-0.2, -0.15) is 0 Å². The Labute approximate surface area is 143 Å². The molecule has 2 aromatic heterocycles. The summed E-state index contributed by atoms with van der Waals surface area (Å²) in [5.74, 6) is 0.549.